The van der Waals surface area contributed by atoms with Crippen LogP contribution in [0, 0.1) is 0 Å². The molecule has 0 aliphatic carbocycles. The Morgan fingerprint density at radius 1 is 1.11 bits per heavy atom. The molecule has 6 nitrogen and oxygen atoms in total. The van der Waals surface area contributed by atoms with Gasteiger partial charge in [0.05, 0.1) is 13.2 Å². The van der Waals surface area contributed by atoms with Crippen LogP contribution < -0.4 is 20.1 Å². The highest BCUT2D eigenvalue weighted by atomic mass is 19.4. The van der Waals surface area contributed by atoms with E-state index in [4.69, 9.17) is 4.74 Å². The van der Waals surface area contributed by atoms with Crippen molar-refractivity contribution >= 4 is 11.7 Å². The van der Waals surface area contributed by atoms with Gasteiger partial charge in [-0.2, -0.15) is 0 Å². The number of hydrogen-bond acceptors (Lipinski definition) is 4. The molecule has 2 N–H and O–H groups in total. The number of hydrogen-bond donors (Lipinski definition) is 2. The maximum Gasteiger partial charge on any atom is 0.573 e. The molecule has 152 valence electrons. The zero-order chi connectivity index (χ0) is 20.7. The van der Waals surface area contributed by atoms with E-state index in [0.29, 0.717) is 6.54 Å². The molecule has 0 heterocycles. The number of carbonyl (C=O) groups excluding carboxylic acids is 1. The third kappa shape index (κ3) is 6.66. The molecular formula is C19H22F3N3O3. The number of anilines is 1. The number of urea groups is 1. The van der Waals surface area contributed by atoms with Crippen LogP contribution in [-0.2, 0) is 0 Å². The monoisotopic (exact) mass is 397 g/mol. The number of nitrogens with one attached hydrogen (secondary N) is 2. The van der Waals surface area contributed by atoms with Gasteiger partial charge in [-0.05, 0) is 43.9 Å². The summed E-state index contributed by atoms with van der Waals surface area (Å²) in [6.07, 6.45) is -4.79. The Bertz CT molecular complexity index is 780. The molecule has 1 atom stereocenters. The number of ether oxygens (including phenoxy) is 2. The largest absolute Gasteiger partial charge is 0.573 e. The van der Waals surface area contributed by atoms with Gasteiger partial charge in [0, 0.05) is 18.3 Å². The fourth-order valence-corrected chi connectivity index (χ4v) is 2.56. The summed E-state index contributed by atoms with van der Waals surface area (Å²) in [4.78, 5) is 14.1. The number of benzene rings is 2. The Kier molecular flexibility index (Phi) is 7.11. The smallest absolute Gasteiger partial charge is 0.497 e. The molecule has 1 unspecified atom stereocenters. The van der Waals surface area contributed by atoms with Gasteiger partial charge in [-0.3, -0.25) is 0 Å². The number of likely N-dealkylation sites (N-methyl/N-ethyl adjacent to an activating group) is 1. The van der Waals surface area contributed by atoms with Crippen LogP contribution in [0.2, 0.25) is 0 Å². The normalized spacial score (nSPS) is 12.4. The maximum absolute atomic E-state index is 12.3. The lowest BCUT2D eigenvalue weighted by Gasteiger charge is -2.25. The highest BCUT2D eigenvalue weighted by molar-refractivity contribution is 5.89. The fourth-order valence-electron chi connectivity index (χ4n) is 2.56. The predicted molar refractivity (Wildman–Crippen MR) is 99.6 cm³/mol. The Morgan fingerprint density at radius 3 is 2.36 bits per heavy atom. The number of carbonyl (C=O) groups is 1. The second-order valence-corrected chi connectivity index (χ2v) is 6.16. The van der Waals surface area contributed by atoms with Crippen LogP contribution in [0.25, 0.3) is 0 Å². The predicted octanol–water partition coefficient (Wildman–Crippen LogP) is 4.02. The van der Waals surface area contributed by atoms with Gasteiger partial charge in [0.2, 0.25) is 0 Å². The average Bonchev–Trinajstić information content (AvgIpc) is 2.61. The van der Waals surface area contributed by atoms with Gasteiger partial charge < -0.3 is 25.0 Å². The van der Waals surface area contributed by atoms with Crippen LogP contribution in [0.5, 0.6) is 11.5 Å². The van der Waals surface area contributed by atoms with Crippen LogP contribution in [0.15, 0.2) is 48.5 Å². The lowest BCUT2D eigenvalue weighted by atomic mass is 10.1. The number of nitrogens with zero attached hydrogens (tertiary/aromatic N) is 1. The number of methoxy groups -OCH3 is 1. The first-order valence-corrected chi connectivity index (χ1v) is 8.39. The molecular weight excluding hydrogens is 375 g/mol. The van der Waals surface area contributed by atoms with Crippen molar-refractivity contribution in [3.8, 4) is 11.5 Å². The first-order chi connectivity index (χ1) is 13.2. The molecule has 2 aromatic rings. The van der Waals surface area contributed by atoms with Gasteiger partial charge in [-0.15, -0.1) is 13.2 Å². The number of amides is 2. The summed E-state index contributed by atoms with van der Waals surface area (Å²) in [5.74, 6) is 0.322. The second-order valence-electron chi connectivity index (χ2n) is 6.16. The Labute approximate surface area is 161 Å². The molecule has 28 heavy (non-hydrogen) atoms. The van der Waals surface area contributed by atoms with Crippen LogP contribution in [0.3, 0.4) is 0 Å². The number of alkyl halides is 3. The molecule has 9 heteroatoms. The average molecular weight is 397 g/mol. The SMILES string of the molecule is COc1ccc(C(CNC(=O)Nc2cccc(OC(F)(F)F)c2)N(C)C)cc1. The van der Waals surface area contributed by atoms with Crippen LogP contribution in [-0.4, -0.2) is 45.0 Å². The fraction of sp³-hybridized carbons (Fsp3) is 0.316. The molecule has 0 radical (unpaired) electrons. The quantitative estimate of drug-likeness (QED) is 0.741. The van der Waals surface area contributed by atoms with Crippen molar-refractivity contribution in [2.24, 2.45) is 0 Å². The van der Waals surface area contributed by atoms with E-state index in [1.165, 1.54) is 12.1 Å². The molecule has 0 aliphatic rings. The van der Waals surface area contributed by atoms with Gasteiger partial charge in [-0.1, -0.05) is 18.2 Å². The van der Waals surface area contributed by atoms with Crippen molar-refractivity contribution in [2.75, 3.05) is 33.1 Å². The lowest BCUT2D eigenvalue weighted by Crippen LogP contribution is -2.36. The molecule has 0 fully saturated rings. The third-order valence-corrected chi connectivity index (χ3v) is 3.91. The third-order valence-electron chi connectivity index (χ3n) is 3.91. The molecule has 2 aromatic carbocycles. The molecule has 0 aliphatic heterocycles. The molecule has 0 saturated heterocycles. The van der Waals surface area contributed by atoms with Gasteiger partial charge in [0.1, 0.15) is 11.5 Å². The van der Waals surface area contributed by atoms with E-state index < -0.39 is 18.1 Å². The van der Waals surface area contributed by atoms with Crippen LogP contribution >= 0.6 is 0 Å². The highest BCUT2D eigenvalue weighted by Crippen LogP contribution is 2.25. The Balaban J connectivity index is 1.96. The first-order valence-electron chi connectivity index (χ1n) is 8.39. The molecule has 0 aromatic heterocycles. The zero-order valence-corrected chi connectivity index (χ0v) is 15.7. The topological polar surface area (TPSA) is 62.8 Å². The van der Waals surface area contributed by atoms with Gasteiger partial charge in [0.25, 0.3) is 0 Å². The Morgan fingerprint density at radius 2 is 1.79 bits per heavy atom. The standard InChI is InChI=1S/C19H22F3N3O3/c1-25(2)17(13-7-9-15(27-3)10-8-13)12-23-18(26)24-14-5-4-6-16(11-14)28-19(20,21)22/h4-11,17H,12H2,1-3H3,(H2,23,24,26). The summed E-state index contributed by atoms with van der Waals surface area (Å²) < 4.78 is 45.9. The van der Waals surface area contributed by atoms with Crippen LogP contribution in [0.1, 0.15) is 11.6 Å². The lowest BCUT2D eigenvalue weighted by molar-refractivity contribution is -0.274. The molecule has 2 amide bonds. The van der Waals surface area contributed by atoms with Gasteiger partial charge >= 0.3 is 12.4 Å². The van der Waals surface area contributed by atoms with Crippen molar-refractivity contribution in [3.05, 3.63) is 54.1 Å². The van der Waals surface area contributed by atoms with Crippen molar-refractivity contribution in [1.82, 2.24) is 10.2 Å². The summed E-state index contributed by atoms with van der Waals surface area (Å²) in [5.41, 5.74) is 1.16. The number of rotatable bonds is 7. The van der Waals surface area contributed by atoms with E-state index >= 15 is 0 Å². The van der Waals surface area contributed by atoms with E-state index in [2.05, 4.69) is 15.4 Å². The minimum absolute atomic E-state index is 0.100. The molecule has 2 rings (SSSR count). The number of halogens is 3. The zero-order valence-electron chi connectivity index (χ0n) is 15.7. The van der Waals surface area contributed by atoms with Gasteiger partial charge in [0.15, 0.2) is 0 Å². The van der Waals surface area contributed by atoms with Crippen molar-refractivity contribution < 1.29 is 27.4 Å². The van der Waals surface area contributed by atoms with Crippen molar-refractivity contribution in [3.63, 3.8) is 0 Å². The minimum Gasteiger partial charge on any atom is -0.497 e. The van der Waals surface area contributed by atoms with E-state index in [0.717, 1.165) is 23.4 Å². The molecule has 0 spiro atoms. The van der Waals surface area contributed by atoms with E-state index in [1.54, 1.807) is 7.11 Å². The minimum atomic E-state index is -4.79. The second kappa shape index (κ2) is 9.32. The van der Waals surface area contributed by atoms with Crippen molar-refractivity contribution in [1.29, 1.82) is 0 Å². The maximum atomic E-state index is 12.3. The summed E-state index contributed by atoms with van der Waals surface area (Å²) >= 11 is 0. The Hall–Kier alpha value is -2.94. The van der Waals surface area contributed by atoms with E-state index in [1.807, 2.05) is 43.3 Å². The summed E-state index contributed by atoms with van der Waals surface area (Å²) in [5, 5.41) is 5.22. The summed E-state index contributed by atoms with van der Waals surface area (Å²) in [6, 6.07) is 11.9. The highest BCUT2D eigenvalue weighted by Gasteiger charge is 2.31. The van der Waals surface area contributed by atoms with E-state index in [-0.39, 0.29) is 11.7 Å². The first kappa shape index (κ1) is 21.4. The molecule has 0 saturated carbocycles. The van der Waals surface area contributed by atoms with Crippen molar-refractivity contribution in [2.45, 2.75) is 12.4 Å². The molecule has 0 bridgehead atoms. The van der Waals surface area contributed by atoms with Gasteiger partial charge in [-0.25, -0.2) is 4.79 Å². The summed E-state index contributed by atoms with van der Waals surface area (Å²) in [6.45, 7) is 0.296. The van der Waals surface area contributed by atoms with E-state index in [9.17, 15) is 18.0 Å². The summed E-state index contributed by atoms with van der Waals surface area (Å²) in [7, 11) is 5.35. The van der Waals surface area contributed by atoms with Crippen LogP contribution in [0.4, 0.5) is 23.7 Å².